The van der Waals surface area contributed by atoms with E-state index in [0.29, 0.717) is 13.1 Å². The quantitative estimate of drug-likeness (QED) is 0.883. The van der Waals surface area contributed by atoms with E-state index < -0.39 is 11.7 Å². The van der Waals surface area contributed by atoms with Crippen LogP contribution in [0.3, 0.4) is 0 Å². The molecule has 26 heavy (non-hydrogen) atoms. The Morgan fingerprint density at radius 1 is 1.00 bits per heavy atom. The van der Waals surface area contributed by atoms with E-state index in [1.54, 1.807) is 6.20 Å². The van der Waals surface area contributed by atoms with E-state index in [0.717, 1.165) is 55.3 Å². The average molecular weight is 364 g/mol. The van der Waals surface area contributed by atoms with Crippen molar-refractivity contribution >= 4 is 5.82 Å². The van der Waals surface area contributed by atoms with Crippen molar-refractivity contribution < 1.29 is 13.2 Å². The molecule has 1 aromatic heterocycles. The van der Waals surface area contributed by atoms with Crippen molar-refractivity contribution in [3.05, 3.63) is 59.3 Å². The van der Waals surface area contributed by atoms with Crippen LogP contribution in [-0.4, -0.2) is 43.1 Å². The first-order chi connectivity index (χ1) is 12.4. The second kappa shape index (κ2) is 8.05. The van der Waals surface area contributed by atoms with Gasteiger partial charge in [0.15, 0.2) is 0 Å². The monoisotopic (exact) mass is 364 g/mol. The molecule has 0 atom stereocenters. The molecule has 1 aromatic carbocycles. The number of nitrogens with one attached hydrogen (secondary N) is 1. The lowest BCUT2D eigenvalue weighted by atomic mass is 10.1. The smallest absolute Gasteiger partial charge is 0.354 e. The Hall–Kier alpha value is -2.12. The molecule has 0 unspecified atom stereocenters. The van der Waals surface area contributed by atoms with E-state index in [2.05, 4.69) is 27.1 Å². The van der Waals surface area contributed by atoms with Crippen LogP contribution in [0.2, 0.25) is 0 Å². The van der Waals surface area contributed by atoms with Crippen molar-refractivity contribution in [1.29, 1.82) is 0 Å². The molecule has 1 aliphatic heterocycles. The van der Waals surface area contributed by atoms with Crippen molar-refractivity contribution in [2.45, 2.75) is 19.3 Å². The number of pyridine rings is 1. The van der Waals surface area contributed by atoms with Crippen LogP contribution in [0.1, 0.15) is 16.7 Å². The maximum absolute atomic E-state index is 12.6. The Morgan fingerprint density at radius 2 is 1.69 bits per heavy atom. The molecule has 0 aliphatic carbocycles. The summed E-state index contributed by atoms with van der Waals surface area (Å²) in [5.41, 5.74) is 1.30. The minimum atomic E-state index is -4.29. The first-order valence-corrected chi connectivity index (χ1v) is 8.68. The maximum Gasteiger partial charge on any atom is 0.416 e. The fourth-order valence-corrected chi connectivity index (χ4v) is 3.02. The van der Waals surface area contributed by atoms with Crippen LogP contribution >= 0.6 is 0 Å². The van der Waals surface area contributed by atoms with Gasteiger partial charge in [-0.1, -0.05) is 18.2 Å². The van der Waals surface area contributed by atoms with Crippen molar-refractivity contribution in [1.82, 2.24) is 15.2 Å². The zero-order valence-electron chi connectivity index (χ0n) is 14.8. The van der Waals surface area contributed by atoms with Gasteiger partial charge in [-0.05, 0) is 30.8 Å². The molecule has 7 heteroatoms. The summed E-state index contributed by atoms with van der Waals surface area (Å²) in [5, 5.41) is 3.31. The van der Waals surface area contributed by atoms with Gasteiger partial charge in [0.1, 0.15) is 5.82 Å². The minimum Gasteiger partial charge on any atom is -0.354 e. The van der Waals surface area contributed by atoms with Gasteiger partial charge < -0.3 is 15.1 Å². The number of benzene rings is 1. The van der Waals surface area contributed by atoms with Gasteiger partial charge in [0.05, 0.1) is 5.56 Å². The molecule has 1 aliphatic rings. The van der Waals surface area contributed by atoms with Crippen LogP contribution in [0.15, 0.2) is 42.6 Å². The number of halogens is 3. The third-order valence-electron chi connectivity index (χ3n) is 4.60. The molecule has 2 heterocycles. The predicted octanol–water partition coefficient (Wildman–Crippen LogP) is 3.14. The predicted molar refractivity (Wildman–Crippen MR) is 95.9 cm³/mol. The normalized spacial score (nSPS) is 16.1. The van der Waals surface area contributed by atoms with Crippen molar-refractivity contribution in [3.63, 3.8) is 0 Å². The summed E-state index contributed by atoms with van der Waals surface area (Å²) in [6.45, 7) is 5.04. The van der Waals surface area contributed by atoms with E-state index in [4.69, 9.17) is 0 Å². The summed E-state index contributed by atoms with van der Waals surface area (Å²) in [6.07, 6.45) is -2.49. The molecule has 2 aromatic rings. The SMILES string of the molecule is CN1CCN(c2ncccc2CNCc2ccc(C(F)(F)F)cc2)CC1. The summed E-state index contributed by atoms with van der Waals surface area (Å²) >= 11 is 0. The molecule has 3 rings (SSSR count). The zero-order chi connectivity index (χ0) is 18.6. The van der Waals surface area contributed by atoms with E-state index in [9.17, 15) is 13.2 Å². The molecule has 0 saturated carbocycles. The van der Waals surface area contributed by atoms with Crippen LogP contribution in [-0.2, 0) is 19.3 Å². The topological polar surface area (TPSA) is 31.4 Å². The summed E-state index contributed by atoms with van der Waals surface area (Å²) in [4.78, 5) is 9.11. The molecular formula is C19H23F3N4. The molecular weight excluding hydrogens is 341 g/mol. The lowest BCUT2D eigenvalue weighted by Gasteiger charge is -2.34. The van der Waals surface area contributed by atoms with Gasteiger partial charge in [-0.2, -0.15) is 13.2 Å². The van der Waals surface area contributed by atoms with E-state index in [-0.39, 0.29) is 0 Å². The van der Waals surface area contributed by atoms with Crippen LogP contribution in [0.5, 0.6) is 0 Å². The van der Waals surface area contributed by atoms with Crippen LogP contribution in [0, 0.1) is 0 Å². The van der Waals surface area contributed by atoms with Gasteiger partial charge in [-0.25, -0.2) is 4.98 Å². The number of alkyl halides is 3. The molecule has 1 saturated heterocycles. The average Bonchev–Trinajstić information content (AvgIpc) is 2.63. The number of likely N-dealkylation sites (N-methyl/N-ethyl adjacent to an activating group) is 1. The van der Waals surface area contributed by atoms with Gasteiger partial charge in [0.25, 0.3) is 0 Å². The molecule has 0 bridgehead atoms. The Morgan fingerprint density at radius 3 is 2.35 bits per heavy atom. The number of anilines is 1. The van der Waals surface area contributed by atoms with Gasteiger partial charge in [0, 0.05) is 51.0 Å². The Balaban J connectivity index is 1.58. The highest BCUT2D eigenvalue weighted by Gasteiger charge is 2.29. The Kier molecular flexibility index (Phi) is 5.78. The molecule has 4 nitrogen and oxygen atoms in total. The molecule has 0 spiro atoms. The number of rotatable bonds is 5. The highest BCUT2D eigenvalue weighted by Crippen LogP contribution is 2.29. The third kappa shape index (κ3) is 4.74. The van der Waals surface area contributed by atoms with Crippen LogP contribution < -0.4 is 10.2 Å². The highest BCUT2D eigenvalue weighted by molar-refractivity contribution is 5.47. The first-order valence-electron chi connectivity index (χ1n) is 8.68. The Labute approximate surface area is 151 Å². The third-order valence-corrected chi connectivity index (χ3v) is 4.60. The molecule has 1 fully saturated rings. The van der Waals surface area contributed by atoms with Gasteiger partial charge in [-0.3, -0.25) is 0 Å². The lowest BCUT2D eigenvalue weighted by Crippen LogP contribution is -2.45. The second-order valence-corrected chi connectivity index (χ2v) is 6.57. The minimum absolute atomic E-state index is 0.509. The molecule has 1 N–H and O–H groups in total. The Bertz CT molecular complexity index is 707. The molecule has 140 valence electrons. The number of piperazine rings is 1. The van der Waals surface area contributed by atoms with Crippen molar-refractivity contribution in [3.8, 4) is 0 Å². The summed E-state index contributed by atoms with van der Waals surface area (Å²) in [5.74, 6) is 0.987. The van der Waals surface area contributed by atoms with E-state index >= 15 is 0 Å². The molecule has 0 amide bonds. The fourth-order valence-electron chi connectivity index (χ4n) is 3.02. The van der Waals surface area contributed by atoms with E-state index in [1.807, 2.05) is 12.1 Å². The maximum atomic E-state index is 12.6. The lowest BCUT2D eigenvalue weighted by molar-refractivity contribution is -0.137. The largest absolute Gasteiger partial charge is 0.416 e. The number of hydrogen-bond donors (Lipinski definition) is 1. The number of aromatic nitrogens is 1. The summed E-state index contributed by atoms with van der Waals surface area (Å²) < 4.78 is 37.8. The second-order valence-electron chi connectivity index (χ2n) is 6.57. The van der Waals surface area contributed by atoms with Gasteiger partial charge >= 0.3 is 6.18 Å². The van der Waals surface area contributed by atoms with Crippen molar-refractivity contribution in [2.75, 3.05) is 38.1 Å². The highest BCUT2D eigenvalue weighted by atomic mass is 19.4. The van der Waals surface area contributed by atoms with Crippen LogP contribution in [0.25, 0.3) is 0 Å². The standard InChI is InChI=1S/C19H23F3N4/c1-25-9-11-26(12-10-25)18-16(3-2-8-24-18)14-23-13-15-4-6-17(7-5-15)19(20,21)22/h2-8,23H,9-14H2,1H3. The van der Waals surface area contributed by atoms with E-state index in [1.165, 1.54) is 12.1 Å². The number of nitrogens with zero attached hydrogens (tertiary/aromatic N) is 3. The van der Waals surface area contributed by atoms with Crippen LogP contribution in [0.4, 0.5) is 19.0 Å². The summed E-state index contributed by atoms with van der Waals surface area (Å²) in [6, 6.07) is 9.23. The molecule has 0 radical (unpaired) electrons. The van der Waals surface area contributed by atoms with Gasteiger partial charge in [0.2, 0.25) is 0 Å². The van der Waals surface area contributed by atoms with Crippen molar-refractivity contribution in [2.24, 2.45) is 0 Å². The summed E-state index contributed by atoms with van der Waals surface area (Å²) in [7, 11) is 2.11. The zero-order valence-corrected chi connectivity index (χ0v) is 14.8. The first kappa shape index (κ1) is 18.7. The number of hydrogen-bond acceptors (Lipinski definition) is 4. The van der Waals surface area contributed by atoms with Gasteiger partial charge in [-0.15, -0.1) is 0 Å². The fraction of sp³-hybridized carbons (Fsp3) is 0.421.